The third-order valence-corrected chi connectivity index (χ3v) is 7.44. The normalized spacial score (nSPS) is 19.2. The Morgan fingerprint density at radius 1 is 1.07 bits per heavy atom. The first kappa shape index (κ1) is 18.6. The van der Waals surface area contributed by atoms with E-state index in [1.54, 1.807) is 11.3 Å². The number of likely N-dealkylation sites (tertiary alicyclic amines) is 1. The second-order valence-electron chi connectivity index (χ2n) is 7.43. The van der Waals surface area contributed by atoms with Gasteiger partial charge in [-0.15, -0.1) is 22.7 Å². The van der Waals surface area contributed by atoms with Crippen molar-refractivity contribution < 1.29 is 9.59 Å². The van der Waals surface area contributed by atoms with E-state index >= 15 is 0 Å². The first-order valence-corrected chi connectivity index (χ1v) is 11.6. The second kappa shape index (κ2) is 8.52. The molecule has 2 aromatic heterocycles. The molecule has 1 N–H and O–H groups in total. The van der Waals surface area contributed by atoms with Gasteiger partial charge in [-0.3, -0.25) is 9.59 Å². The van der Waals surface area contributed by atoms with Gasteiger partial charge in [-0.1, -0.05) is 25.3 Å². The van der Waals surface area contributed by atoms with Gasteiger partial charge in [-0.25, -0.2) is 4.98 Å². The average Bonchev–Trinajstić information content (AvgIpc) is 3.40. The summed E-state index contributed by atoms with van der Waals surface area (Å²) in [5.74, 6) is 0.426. The monoisotopic (exact) mass is 403 g/mol. The summed E-state index contributed by atoms with van der Waals surface area (Å²) in [6.45, 7) is 1.36. The largest absolute Gasteiger partial charge is 0.353 e. The van der Waals surface area contributed by atoms with Crippen LogP contribution in [-0.2, 0) is 4.79 Å². The van der Waals surface area contributed by atoms with Crippen molar-refractivity contribution in [2.75, 3.05) is 13.1 Å². The zero-order valence-electron chi connectivity index (χ0n) is 15.4. The van der Waals surface area contributed by atoms with E-state index < -0.39 is 0 Å². The molecule has 0 radical (unpaired) electrons. The van der Waals surface area contributed by atoms with E-state index in [0.717, 1.165) is 35.6 Å². The molecule has 1 aliphatic heterocycles. The third kappa shape index (κ3) is 4.41. The molecule has 2 aliphatic rings. The number of nitrogens with one attached hydrogen (secondary N) is 1. The average molecular weight is 404 g/mol. The van der Waals surface area contributed by atoms with Crippen LogP contribution in [0.1, 0.15) is 55.4 Å². The Labute approximate surface area is 167 Å². The van der Waals surface area contributed by atoms with Crippen LogP contribution in [0.15, 0.2) is 22.9 Å². The van der Waals surface area contributed by atoms with E-state index in [-0.39, 0.29) is 23.8 Å². The number of piperidine rings is 1. The SMILES string of the molecule is O=C(NC1CCN(C(=O)c2csc(-c3cccs3)n2)CC1)C1CCCCC1. The van der Waals surface area contributed by atoms with Crippen LogP contribution in [0, 0.1) is 5.92 Å². The van der Waals surface area contributed by atoms with Crippen LogP contribution in [0.25, 0.3) is 9.88 Å². The topological polar surface area (TPSA) is 62.3 Å². The summed E-state index contributed by atoms with van der Waals surface area (Å²) in [4.78, 5) is 32.7. The maximum absolute atomic E-state index is 12.7. The number of amides is 2. The molecule has 0 aromatic carbocycles. The highest BCUT2D eigenvalue weighted by molar-refractivity contribution is 7.20. The third-order valence-electron chi connectivity index (χ3n) is 5.56. The van der Waals surface area contributed by atoms with Crippen LogP contribution in [-0.4, -0.2) is 40.8 Å². The van der Waals surface area contributed by atoms with E-state index in [1.807, 2.05) is 27.8 Å². The predicted molar refractivity (Wildman–Crippen MR) is 109 cm³/mol. The summed E-state index contributed by atoms with van der Waals surface area (Å²) in [6.07, 6.45) is 7.31. The Bertz CT molecular complexity index is 773. The Kier molecular flexibility index (Phi) is 5.88. The van der Waals surface area contributed by atoms with Gasteiger partial charge >= 0.3 is 0 Å². The summed E-state index contributed by atoms with van der Waals surface area (Å²) in [6, 6.07) is 4.22. The molecule has 2 aromatic rings. The number of thiophene rings is 1. The van der Waals surface area contributed by atoms with Gasteiger partial charge in [0, 0.05) is 30.4 Å². The molecule has 144 valence electrons. The number of aromatic nitrogens is 1. The molecule has 1 saturated heterocycles. The smallest absolute Gasteiger partial charge is 0.273 e. The summed E-state index contributed by atoms with van der Waals surface area (Å²) in [7, 11) is 0. The van der Waals surface area contributed by atoms with Crippen molar-refractivity contribution in [3.63, 3.8) is 0 Å². The molecule has 1 aliphatic carbocycles. The molecular formula is C20H25N3O2S2. The van der Waals surface area contributed by atoms with Crippen molar-refractivity contribution in [2.45, 2.75) is 51.0 Å². The number of hydrogen-bond donors (Lipinski definition) is 1. The van der Waals surface area contributed by atoms with E-state index in [4.69, 9.17) is 0 Å². The Balaban J connectivity index is 1.28. The number of hydrogen-bond acceptors (Lipinski definition) is 5. The molecule has 0 unspecified atom stereocenters. The maximum Gasteiger partial charge on any atom is 0.273 e. The second-order valence-corrected chi connectivity index (χ2v) is 9.23. The molecule has 0 atom stereocenters. The summed E-state index contributed by atoms with van der Waals surface area (Å²) in [5, 5.41) is 8.00. The van der Waals surface area contributed by atoms with Gasteiger partial charge in [-0.2, -0.15) is 0 Å². The number of carbonyl (C=O) groups is 2. The van der Waals surface area contributed by atoms with Gasteiger partial charge in [0.15, 0.2) is 0 Å². The molecular weight excluding hydrogens is 378 g/mol. The first-order chi connectivity index (χ1) is 13.2. The zero-order chi connectivity index (χ0) is 18.6. The molecule has 3 heterocycles. The van der Waals surface area contributed by atoms with Crippen LogP contribution in [0.5, 0.6) is 0 Å². The molecule has 5 nitrogen and oxygen atoms in total. The van der Waals surface area contributed by atoms with Gasteiger partial charge in [0.25, 0.3) is 5.91 Å². The van der Waals surface area contributed by atoms with Gasteiger partial charge in [0.1, 0.15) is 10.7 Å². The zero-order valence-corrected chi connectivity index (χ0v) is 17.0. The van der Waals surface area contributed by atoms with Gasteiger partial charge in [0.05, 0.1) is 4.88 Å². The molecule has 1 saturated carbocycles. The first-order valence-electron chi connectivity index (χ1n) is 9.80. The Morgan fingerprint density at radius 3 is 2.56 bits per heavy atom. The lowest BCUT2D eigenvalue weighted by Crippen LogP contribution is -2.48. The lowest BCUT2D eigenvalue weighted by Gasteiger charge is -2.33. The number of nitrogens with zero attached hydrogens (tertiary/aromatic N) is 2. The fourth-order valence-electron chi connectivity index (χ4n) is 3.96. The van der Waals surface area contributed by atoms with Crippen molar-refractivity contribution in [3.05, 3.63) is 28.6 Å². The van der Waals surface area contributed by atoms with Crippen molar-refractivity contribution in [1.82, 2.24) is 15.2 Å². The van der Waals surface area contributed by atoms with Gasteiger partial charge < -0.3 is 10.2 Å². The lowest BCUT2D eigenvalue weighted by molar-refractivity contribution is -0.126. The van der Waals surface area contributed by atoms with E-state index in [0.29, 0.717) is 18.8 Å². The van der Waals surface area contributed by atoms with Crippen LogP contribution >= 0.6 is 22.7 Å². The molecule has 2 amide bonds. The fraction of sp³-hybridized carbons (Fsp3) is 0.550. The standard InChI is InChI=1S/C20H25N3O2S2/c24-18(14-5-2-1-3-6-14)21-15-8-10-23(11-9-15)20(25)16-13-27-19(22-16)17-7-4-12-26-17/h4,7,12-15H,1-3,5-6,8-11H2,(H,21,24). The van der Waals surface area contributed by atoms with Gasteiger partial charge in [0.2, 0.25) is 5.91 Å². The van der Waals surface area contributed by atoms with E-state index in [1.165, 1.54) is 30.6 Å². The molecule has 0 bridgehead atoms. The fourth-order valence-corrected chi connectivity index (χ4v) is 5.57. The Morgan fingerprint density at radius 2 is 1.85 bits per heavy atom. The van der Waals surface area contributed by atoms with Crippen molar-refractivity contribution in [1.29, 1.82) is 0 Å². The highest BCUT2D eigenvalue weighted by atomic mass is 32.1. The highest BCUT2D eigenvalue weighted by Crippen LogP contribution is 2.28. The molecule has 4 rings (SSSR count). The molecule has 7 heteroatoms. The number of thiazole rings is 1. The predicted octanol–water partition coefficient (Wildman–Crippen LogP) is 4.17. The summed E-state index contributed by atoms with van der Waals surface area (Å²) < 4.78 is 0. The van der Waals surface area contributed by atoms with Crippen molar-refractivity contribution in [3.8, 4) is 9.88 Å². The van der Waals surface area contributed by atoms with Gasteiger partial charge in [-0.05, 0) is 37.1 Å². The maximum atomic E-state index is 12.7. The van der Waals surface area contributed by atoms with Crippen molar-refractivity contribution in [2.24, 2.45) is 5.92 Å². The minimum absolute atomic E-state index is 0.00566. The molecule has 27 heavy (non-hydrogen) atoms. The van der Waals surface area contributed by atoms with Crippen LogP contribution in [0.3, 0.4) is 0 Å². The summed E-state index contributed by atoms with van der Waals surface area (Å²) in [5.41, 5.74) is 0.535. The minimum atomic E-state index is 0.00566. The molecule has 0 spiro atoms. The number of carbonyl (C=O) groups excluding carboxylic acids is 2. The van der Waals surface area contributed by atoms with Crippen LogP contribution in [0.4, 0.5) is 0 Å². The van der Waals surface area contributed by atoms with Crippen LogP contribution < -0.4 is 5.32 Å². The quantitative estimate of drug-likeness (QED) is 0.833. The lowest BCUT2D eigenvalue weighted by atomic mass is 9.88. The van der Waals surface area contributed by atoms with E-state index in [9.17, 15) is 9.59 Å². The molecule has 2 fully saturated rings. The number of rotatable bonds is 4. The van der Waals surface area contributed by atoms with Crippen LogP contribution in [0.2, 0.25) is 0 Å². The highest BCUT2D eigenvalue weighted by Gasteiger charge is 2.28. The Hall–Kier alpha value is -1.73. The summed E-state index contributed by atoms with van der Waals surface area (Å²) >= 11 is 3.16. The van der Waals surface area contributed by atoms with E-state index in [2.05, 4.69) is 10.3 Å². The van der Waals surface area contributed by atoms with Crippen molar-refractivity contribution >= 4 is 34.5 Å². The minimum Gasteiger partial charge on any atom is -0.353 e.